The Hall–Kier alpha value is -1.69. The lowest BCUT2D eigenvalue weighted by Gasteiger charge is -2.33. The molecule has 0 bridgehead atoms. The molecule has 0 spiro atoms. The van der Waals surface area contributed by atoms with Crippen LogP contribution >= 0.6 is 24.2 Å². The van der Waals surface area contributed by atoms with E-state index in [-0.39, 0.29) is 24.4 Å². The summed E-state index contributed by atoms with van der Waals surface area (Å²) in [6.07, 6.45) is 2.71. The van der Waals surface area contributed by atoms with Gasteiger partial charge in [0.1, 0.15) is 0 Å². The molecular formula is C20H24ClN3OS. The number of rotatable bonds is 4. The number of piperidine rings is 1. The Morgan fingerprint density at radius 1 is 1.12 bits per heavy atom. The van der Waals surface area contributed by atoms with Gasteiger partial charge < -0.3 is 15.5 Å². The van der Waals surface area contributed by atoms with E-state index in [0.29, 0.717) is 13.0 Å². The average molecular weight is 390 g/mol. The van der Waals surface area contributed by atoms with Crippen LogP contribution in [0.4, 0.5) is 11.4 Å². The fourth-order valence-corrected chi connectivity index (χ4v) is 4.61. The topological polar surface area (TPSA) is 44.4 Å². The second-order valence-corrected chi connectivity index (χ2v) is 7.63. The zero-order valence-electron chi connectivity index (χ0n) is 14.6. The predicted molar refractivity (Wildman–Crippen MR) is 110 cm³/mol. The van der Waals surface area contributed by atoms with E-state index in [9.17, 15) is 4.79 Å². The third-order valence-electron chi connectivity index (χ3n) is 4.76. The van der Waals surface area contributed by atoms with Gasteiger partial charge in [0.05, 0.1) is 11.4 Å². The van der Waals surface area contributed by atoms with Gasteiger partial charge in [-0.2, -0.15) is 0 Å². The summed E-state index contributed by atoms with van der Waals surface area (Å²) in [5.41, 5.74) is 2.39. The Morgan fingerprint density at radius 3 is 2.38 bits per heavy atom. The SMILES string of the molecule is Cl.O=C(CCN1c2ccccc2Sc2ccccc21)NC1CCCNC1. The Balaban J connectivity index is 0.00000196. The molecule has 138 valence electrons. The minimum absolute atomic E-state index is 0. The highest BCUT2D eigenvalue weighted by Crippen LogP contribution is 2.47. The van der Waals surface area contributed by atoms with Crippen molar-refractivity contribution >= 4 is 41.5 Å². The molecule has 0 aromatic heterocycles. The zero-order valence-corrected chi connectivity index (χ0v) is 16.2. The van der Waals surface area contributed by atoms with Crippen molar-refractivity contribution in [3.05, 3.63) is 48.5 Å². The van der Waals surface area contributed by atoms with E-state index >= 15 is 0 Å². The van der Waals surface area contributed by atoms with Crippen molar-refractivity contribution < 1.29 is 4.79 Å². The number of para-hydroxylation sites is 2. The van der Waals surface area contributed by atoms with Gasteiger partial charge in [0, 0.05) is 35.3 Å². The van der Waals surface area contributed by atoms with Crippen molar-refractivity contribution in [1.29, 1.82) is 0 Å². The summed E-state index contributed by atoms with van der Waals surface area (Å²) in [5, 5.41) is 6.52. The van der Waals surface area contributed by atoms with Crippen molar-refractivity contribution in [3.63, 3.8) is 0 Å². The minimum atomic E-state index is 0. The number of benzene rings is 2. The first-order valence-corrected chi connectivity index (χ1v) is 9.76. The largest absolute Gasteiger partial charge is 0.352 e. The molecule has 0 radical (unpaired) electrons. The molecule has 2 N–H and O–H groups in total. The number of fused-ring (bicyclic) bond motifs is 2. The third-order valence-corrected chi connectivity index (χ3v) is 5.89. The highest BCUT2D eigenvalue weighted by Gasteiger charge is 2.23. The second kappa shape index (κ2) is 8.80. The van der Waals surface area contributed by atoms with Gasteiger partial charge in [-0.25, -0.2) is 0 Å². The van der Waals surface area contributed by atoms with Crippen LogP contribution in [0.3, 0.4) is 0 Å². The van der Waals surface area contributed by atoms with Gasteiger partial charge in [-0.15, -0.1) is 12.4 Å². The van der Waals surface area contributed by atoms with Crippen molar-refractivity contribution in [3.8, 4) is 0 Å². The molecule has 1 fully saturated rings. The van der Waals surface area contributed by atoms with E-state index in [4.69, 9.17) is 0 Å². The highest BCUT2D eigenvalue weighted by molar-refractivity contribution is 7.99. The molecular weight excluding hydrogens is 366 g/mol. The summed E-state index contributed by atoms with van der Waals surface area (Å²) in [7, 11) is 0. The number of halogens is 1. The van der Waals surface area contributed by atoms with Crippen molar-refractivity contribution in [1.82, 2.24) is 10.6 Å². The minimum Gasteiger partial charge on any atom is -0.352 e. The molecule has 4 rings (SSSR count). The van der Waals surface area contributed by atoms with E-state index in [1.54, 1.807) is 11.8 Å². The quantitative estimate of drug-likeness (QED) is 0.830. The smallest absolute Gasteiger partial charge is 0.222 e. The van der Waals surface area contributed by atoms with Gasteiger partial charge in [-0.05, 0) is 43.7 Å². The number of nitrogens with zero attached hydrogens (tertiary/aromatic N) is 1. The van der Waals surface area contributed by atoms with Crippen LogP contribution in [0, 0.1) is 0 Å². The summed E-state index contributed by atoms with van der Waals surface area (Å²) in [6, 6.07) is 17.1. The maximum absolute atomic E-state index is 12.4. The predicted octanol–water partition coefficient (Wildman–Crippen LogP) is 3.97. The second-order valence-electron chi connectivity index (χ2n) is 6.55. The lowest BCUT2D eigenvalue weighted by molar-refractivity contribution is -0.121. The Kier molecular flexibility index (Phi) is 6.46. The van der Waals surface area contributed by atoms with Crippen molar-refractivity contribution in [2.45, 2.75) is 35.1 Å². The Bertz CT molecular complexity index is 719. The van der Waals surface area contributed by atoms with Gasteiger partial charge in [-0.3, -0.25) is 4.79 Å². The van der Waals surface area contributed by atoms with Gasteiger partial charge in [0.25, 0.3) is 0 Å². The number of nitrogens with one attached hydrogen (secondary N) is 2. The molecule has 1 saturated heterocycles. The molecule has 1 amide bonds. The van der Waals surface area contributed by atoms with Crippen LogP contribution in [0.15, 0.2) is 58.3 Å². The van der Waals surface area contributed by atoms with Gasteiger partial charge in [-0.1, -0.05) is 36.0 Å². The van der Waals surface area contributed by atoms with Crippen LogP contribution in [-0.2, 0) is 4.79 Å². The van der Waals surface area contributed by atoms with Crippen LogP contribution in [-0.4, -0.2) is 31.6 Å². The Morgan fingerprint density at radius 2 is 1.77 bits per heavy atom. The van der Waals surface area contributed by atoms with E-state index in [2.05, 4.69) is 64.1 Å². The number of anilines is 2. The molecule has 0 aliphatic carbocycles. The molecule has 0 saturated carbocycles. The summed E-state index contributed by atoms with van der Waals surface area (Å²) in [5.74, 6) is 0.141. The van der Waals surface area contributed by atoms with Crippen molar-refractivity contribution in [2.24, 2.45) is 0 Å². The maximum atomic E-state index is 12.4. The monoisotopic (exact) mass is 389 g/mol. The normalized spacial score (nSPS) is 18.3. The Labute approximate surface area is 165 Å². The van der Waals surface area contributed by atoms with E-state index < -0.39 is 0 Å². The van der Waals surface area contributed by atoms with Gasteiger partial charge in [0.2, 0.25) is 5.91 Å². The van der Waals surface area contributed by atoms with Crippen LogP contribution in [0.2, 0.25) is 0 Å². The first kappa shape index (κ1) is 19.1. The molecule has 2 aliphatic rings. The first-order valence-electron chi connectivity index (χ1n) is 8.95. The number of hydrogen-bond acceptors (Lipinski definition) is 4. The van der Waals surface area contributed by atoms with E-state index in [1.807, 2.05) is 0 Å². The van der Waals surface area contributed by atoms with Gasteiger partial charge in [0.15, 0.2) is 0 Å². The fraction of sp³-hybridized carbons (Fsp3) is 0.350. The zero-order chi connectivity index (χ0) is 17.1. The van der Waals surface area contributed by atoms with Crippen LogP contribution in [0.1, 0.15) is 19.3 Å². The van der Waals surface area contributed by atoms with Crippen LogP contribution in [0.25, 0.3) is 0 Å². The lowest BCUT2D eigenvalue weighted by atomic mass is 10.1. The third kappa shape index (κ3) is 4.17. The molecule has 1 atom stereocenters. The first-order chi connectivity index (χ1) is 12.3. The summed E-state index contributed by atoms with van der Waals surface area (Å²) in [4.78, 5) is 17.2. The van der Waals surface area contributed by atoms with E-state index in [0.717, 1.165) is 25.9 Å². The molecule has 2 aromatic rings. The number of amides is 1. The molecule has 1 unspecified atom stereocenters. The summed E-state index contributed by atoms with van der Waals surface area (Å²) < 4.78 is 0. The lowest BCUT2D eigenvalue weighted by Crippen LogP contribution is -2.46. The summed E-state index contributed by atoms with van der Waals surface area (Å²) >= 11 is 1.80. The highest BCUT2D eigenvalue weighted by atomic mass is 35.5. The number of carbonyl (C=O) groups excluding carboxylic acids is 1. The molecule has 2 aliphatic heterocycles. The molecule has 2 aromatic carbocycles. The number of carbonyl (C=O) groups is 1. The molecule has 26 heavy (non-hydrogen) atoms. The standard InChI is InChI=1S/C20H23N3OS.ClH/c24-20(22-15-6-5-12-21-14-15)11-13-23-16-7-1-3-9-18(16)25-19-10-4-2-8-17(19)23;/h1-4,7-10,15,21H,5-6,11-14H2,(H,22,24);1H. The molecule has 2 heterocycles. The van der Waals surface area contributed by atoms with Crippen molar-refractivity contribution in [2.75, 3.05) is 24.5 Å². The number of hydrogen-bond donors (Lipinski definition) is 2. The average Bonchev–Trinajstić information content (AvgIpc) is 2.66. The maximum Gasteiger partial charge on any atom is 0.222 e. The van der Waals surface area contributed by atoms with Gasteiger partial charge >= 0.3 is 0 Å². The van der Waals surface area contributed by atoms with Crippen LogP contribution < -0.4 is 15.5 Å². The molecule has 4 nitrogen and oxygen atoms in total. The van der Waals surface area contributed by atoms with E-state index in [1.165, 1.54) is 21.2 Å². The fourth-order valence-electron chi connectivity index (χ4n) is 3.51. The molecule has 6 heteroatoms. The van der Waals surface area contributed by atoms with Crippen LogP contribution in [0.5, 0.6) is 0 Å². The summed E-state index contributed by atoms with van der Waals surface area (Å²) in [6.45, 7) is 2.64.